The van der Waals surface area contributed by atoms with Crippen LogP contribution in [-0.2, 0) is 6.42 Å². The number of para-hydroxylation sites is 1. The number of nitrogens with two attached hydrogens (primary N) is 1. The van der Waals surface area contributed by atoms with Crippen molar-refractivity contribution in [1.82, 2.24) is 0 Å². The van der Waals surface area contributed by atoms with Crippen molar-refractivity contribution in [2.45, 2.75) is 25.8 Å². The van der Waals surface area contributed by atoms with E-state index in [0.717, 1.165) is 6.42 Å². The van der Waals surface area contributed by atoms with Crippen LogP contribution in [0.1, 0.15) is 25.0 Å². The number of nitriles is 1. The molecular formula is C17H18N2O. The zero-order chi connectivity index (χ0) is 14.6. The molecule has 2 N–H and O–H groups in total. The van der Waals surface area contributed by atoms with Crippen LogP contribution in [0.3, 0.4) is 0 Å². The van der Waals surface area contributed by atoms with E-state index in [1.807, 2.05) is 50.2 Å². The minimum atomic E-state index is -0.226. The zero-order valence-corrected chi connectivity index (χ0v) is 11.8. The van der Waals surface area contributed by atoms with E-state index in [-0.39, 0.29) is 5.54 Å². The number of hydrogen-bond acceptors (Lipinski definition) is 3. The minimum Gasteiger partial charge on any atom is -0.456 e. The van der Waals surface area contributed by atoms with Gasteiger partial charge in [-0.15, -0.1) is 0 Å². The lowest BCUT2D eigenvalue weighted by Gasteiger charge is -2.18. The van der Waals surface area contributed by atoms with Gasteiger partial charge in [-0.05, 0) is 50.1 Å². The molecule has 0 aliphatic rings. The summed E-state index contributed by atoms with van der Waals surface area (Å²) in [6.45, 7) is 4.00. The second-order valence-electron chi connectivity index (χ2n) is 5.52. The Bertz CT molecular complexity index is 619. The molecule has 2 aromatic carbocycles. The predicted octanol–water partition coefficient (Wildman–Crippen LogP) is 3.63. The molecule has 3 heteroatoms. The van der Waals surface area contributed by atoms with E-state index in [1.165, 1.54) is 5.56 Å². The van der Waals surface area contributed by atoms with Crippen molar-refractivity contribution < 1.29 is 4.74 Å². The Morgan fingerprint density at radius 3 is 2.35 bits per heavy atom. The normalized spacial score (nSPS) is 10.9. The number of ether oxygens (including phenoxy) is 1. The maximum absolute atomic E-state index is 9.02. The van der Waals surface area contributed by atoms with Crippen molar-refractivity contribution in [3.8, 4) is 17.6 Å². The monoisotopic (exact) mass is 266 g/mol. The Labute approximate surface area is 119 Å². The van der Waals surface area contributed by atoms with Gasteiger partial charge in [0.25, 0.3) is 0 Å². The zero-order valence-electron chi connectivity index (χ0n) is 11.8. The third-order valence-electron chi connectivity index (χ3n) is 2.82. The first-order chi connectivity index (χ1) is 9.48. The molecule has 0 spiro atoms. The van der Waals surface area contributed by atoms with Gasteiger partial charge < -0.3 is 10.5 Å². The third kappa shape index (κ3) is 3.84. The van der Waals surface area contributed by atoms with Gasteiger partial charge in [0, 0.05) is 5.54 Å². The summed E-state index contributed by atoms with van der Waals surface area (Å²) in [5.74, 6) is 1.29. The fourth-order valence-corrected chi connectivity index (χ4v) is 1.98. The maximum Gasteiger partial charge on any atom is 0.145 e. The highest BCUT2D eigenvalue weighted by molar-refractivity contribution is 5.45. The smallest absolute Gasteiger partial charge is 0.145 e. The van der Waals surface area contributed by atoms with E-state index in [9.17, 15) is 0 Å². The Kier molecular flexibility index (Phi) is 4.07. The van der Waals surface area contributed by atoms with Gasteiger partial charge in [0.1, 0.15) is 17.6 Å². The molecule has 0 bridgehead atoms. The second kappa shape index (κ2) is 5.77. The Morgan fingerprint density at radius 1 is 1.10 bits per heavy atom. The highest BCUT2D eigenvalue weighted by atomic mass is 16.5. The van der Waals surface area contributed by atoms with Gasteiger partial charge in [0.05, 0.1) is 5.56 Å². The molecule has 0 fully saturated rings. The van der Waals surface area contributed by atoms with Crippen molar-refractivity contribution in [1.29, 1.82) is 5.26 Å². The fraction of sp³-hybridized carbons (Fsp3) is 0.235. The molecule has 102 valence electrons. The third-order valence-corrected chi connectivity index (χ3v) is 2.82. The lowest BCUT2D eigenvalue weighted by Crippen LogP contribution is -2.34. The molecule has 0 aliphatic heterocycles. The van der Waals surface area contributed by atoms with Crippen molar-refractivity contribution in [3.63, 3.8) is 0 Å². The van der Waals surface area contributed by atoms with E-state index in [1.54, 1.807) is 12.1 Å². The van der Waals surface area contributed by atoms with Crippen molar-refractivity contribution in [2.75, 3.05) is 0 Å². The maximum atomic E-state index is 9.02. The van der Waals surface area contributed by atoms with Crippen LogP contribution in [0.5, 0.6) is 11.5 Å². The quantitative estimate of drug-likeness (QED) is 0.919. The van der Waals surface area contributed by atoms with Crippen LogP contribution in [0.2, 0.25) is 0 Å². The lowest BCUT2D eigenvalue weighted by atomic mass is 9.96. The molecule has 20 heavy (non-hydrogen) atoms. The molecule has 0 unspecified atom stereocenters. The molecule has 0 heterocycles. The average molecular weight is 266 g/mol. The topological polar surface area (TPSA) is 59.0 Å². The number of nitrogens with zero attached hydrogens (tertiary/aromatic N) is 1. The van der Waals surface area contributed by atoms with Gasteiger partial charge in [0.2, 0.25) is 0 Å². The number of benzene rings is 2. The standard InChI is InChI=1S/C17H18N2O/c1-17(2,19)11-13-7-9-15(10-8-13)20-16-6-4-3-5-14(16)12-18/h3-10H,11,19H2,1-2H3. The molecule has 0 aliphatic carbocycles. The highest BCUT2D eigenvalue weighted by Crippen LogP contribution is 2.25. The van der Waals surface area contributed by atoms with Gasteiger partial charge >= 0.3 is 0 Å². The van der Waals surface area contributed by atoms with Gasteiger partial charge in [-0.1, -0.05) is 24.3 Å². The van der Waals surface area contributed by atoms with Gasteiger partial charge in [-0.2, -0.15) is 5.26 Å². The van der Waals surface area contributed by atoms with Crippen LogP contribution in [0.15, 0.2) is 48.5 Å². The van der Waals surface area contributed by atoms with E-state index in [2.05, 4.69) is 6.07 Å². The molecule has 0 aromatic heterocycles. The average Bonchev–Trinajstić information content (AvgIpc) is 2.40. The van der Waals surface area contributed by atoms with Crippen LogP contribution in [0.25, 0.3) is 0 Å². The summed E-state index contributed by atoms with van der Waals surface area (Å²) < 4.78 is 5.73. The summed E-state index contributed by atoms with van der Waals surface area (Å²) in [7, 11) is 0. The lowest BCUT2D eigenvalue weighted by molar-refractivity contribution is 0.479. The second-order valence-corrected chi connectivity index (χ2v) is 5.52. The van der Waals surface area contributed by atoms with Gasteiger partial charge in [-0.3, -0.25) is 0 Å². The SMILES string of the molecule is CC(C)(N)Cc1ccc(Oc2ccccc2C#N)cc1. The van der Waals surface area contributed by atoms with Crippen molar-refractivity contribution in [3.05, 3.63) is 59.7 Å². The molecule has 3 nitrogen and oxygen atoms in total. The molecule has 2 rings (SSSR count). The van der Waals surface area contributed by atoms with Gasteiger partial charge in [-0.25, -0.2) is 0 Å². The largest absolute Gasteiger partial charge is 0.456 e. The summed E-state index contributed by atoms with van der Waals surface area (Å²) >= 11 is 0. The van der Waals surface area contributed by atoms with Crippen molar-refractivity contribution >= 4 is 0 Å². The summed E-state index contributed by atoms with van der Waals surface area (Å²) in [6, 6.07) is 17.1. The van der Waals surface area contributed by atoms with E-state index < -0.39 is 0 Å². The summed E-state index contributed by atoms with van der Waals surface area (Å²) in [4.78, 5) is 0. The van der Waals surface area contributed by atoms with E-state index in [0.29, 0.717) is 17.1 Å². The Morgan fingerprint density at radius 2 is 1.75 bits per heavy atom. The first-order valence-electron chi connectivity index (χ1n) is 6.53. The first kappa shape index (κ1) is 14.1. The number of hydrogen-bond donors (Lipinski definition) is 1. The van der Waals surface area contributed by atoms with Crippen LogP contribution in [-0.4, -0.2) is 5.54 Å². The molecule has 0 radical (unpaired) electrons. The summed E-state index contributed by atoms with van der Waals surface area (Å²) in [5, 5.41) is 9.02. The highest BCUT2D eigenvalue weighted by Gasteiger charge is 2.11. The van der Waals surface area contributed by atoms with Gasteiger partial charge in [0.15, 0.2) is 0 Å². The van der Waals surface area contributed by atoms with E-state index >= 15 is 0 Å². The predicted molar refractivity (Wildman–Crippen MR) is 79.6 cm³/mol. The molecule has 0 amide bonds. The van der Waals surface area contributed by atoms with Crippen LogP contribution >= 0.6 is 0 Å². The first-order valence-corrected chi connectivity index (χ1v) is 6.53. The molecule has 0 atom stereocenters. The number of rotatable bonds is 4. The molecular weight excluding hydrogens is 248 g/mol. The summed E-state index contributed by atoms with van der Waals surface area (Å²) in [5.41, 5.74) is 7.47. The van der Waals surface area contributed by atoms with Crippen LogP contribution < -0.4 is 10.5 Å². The van der Waals surface area contributed by atoms with E-state index in [4.69, 9.17) is 15.7 Å². The molecule has 0 saturated heterocycles. The van der Waals surface area contributed by atoms with Crippen LogP contribution in [0.4, 0.5) is 0 Å². The Hall–Kier alpha value is -2.31. The van der Waals surface area contributed by atoms with Crippen molar-refractivity contribution in [2.24, 2.45) is 5.73 Å². The molecule has 0 saturated carbocycles. The summed E-state index contributed by atoms with van der Waals surface area (Å²) in [6.07, 6.45) is 0.808. The molecule has 2 aromatic rings. The van der Waals surface area contributed by atoms with Crippen LogP contribution in [0, 0.1) is 11.3 Å². The Balaban J connectivity index is 2.13. The minimum absolute atomic E-state index is 0.226. The fourth-order valence-electron chi connectivity index (χ4n) is 1.98.